The minimum atomic E-state index is -2.35. The summed E-state index contributed by atoms with van der Waals surface area (Å²) in [5, 5.41) is 10.0. The number of hydrogen-bond donors (Lipinski definition) is 3. The van der Waals surface area contributed by atoms with Gasteiger partial charge >= 0.3 is 11.9 Å². The minimum absolute atomic E-state index is 0.0732. The summed E-state index contributed by atoms with van der Waals surface area (Å²) >= 11 is 6.93. The first-order chi connectivity index (χ1) is 21.6. The van der Waals surface area contributed by atoms with Crippen LogP contribution in [0.15, 0.2) is 29.6 Å². The number of ether oxygens (including phenoxy) is 2. The van der Waals surface area contributed by atoms with Gasteiger partial charge in [-0.05, 0) is 55.2 Å². The molecule has 0 saturated carbocycles. The van der Waals surface area contributed by atoms with Crippen molar-refractivity contribution in [1.82, 2.24) is 15.6 Å². The molecule has 0 aliphatic rings. The number of anilines is 1. The summed E-state index contributed by atoms with van der Waals surface area (Å²) in [5.74, 6) is -2.28. The molecule has 0 spiro atoms. The fourth-order valence-electron chi connectivity index (χ4n) is 3.69. The molecule has 1 aromatic heterocycles. The molecule has 1 aromatic carbocycles. The first-order valence-electron chi connectivity index (χ1n) is 15.0. The number of benzene rings is 1. The minimum Gasteiger partial charge on any atom is -0.467 e. The van der Waals surface area contributed by atoms with E-state index in [1.165, 1.54) is 18.3 Å². The average molecular weight is 697 g/mol. The fraction of sp³-hybridized carbons (Fsp3) is 0.548. The van der Waals surface area contributed by atoms with Crippen molar-refractivity contribution in [2.45, 2.75) is 83.6 Å². The van der Waals surface area contributed by atoms with Gasteiger partial charge in [0.1, 0.15) is 23.4 Å². The molecule has 2 aromatic rings. The number of alkyl halides is 1. The van der Waals surface area contributed by atoms with Gasteiger partial charge in [-0.1, -0.05) is 27.2 Å². The van der Waals surface area contributed by atoms with Crippen LogP contribution in [0.3, 0.4) is 0 Å². The molecule has 2 rings (SSSR count). The highest BCUT2D eigenvalue weighted by molar-refractivity contribution is 7.13. The van der Waals surface area contributed by atoms with Crippen molar-refractivity contribution in [3.05, 3.63) is 35.3 Å². The monoisotopic (exact) mass is 696 g/mol. The van der Waals surface area contributed by atoms with E-state index in [0.717, 1.165) is 31.9 Å². The van der Waals surface area contributed by atoms with Gasteiger partial charge in [0.25, 0.3) is 5.91 Å². The second-order valence-corrected chi connectivity index (χ2v) is 18.2. The van der Waals surface area contributed by atoms with Gasteiger partial charge in [-0.2, -0.15) is 0 Å². The lowest BCUT2D eigenvalue weighted by Gasteiger charge is -2.37. The van der Waals surface area contributed by atoms with Gasteiger partial charge in [0, 0.05) is 35.9 Å². The second-order valence-electron chi connectivity index (χ2n) is 12.1. The molecule has 2 unspecified atom stereocenters. The van der Waals surface area contributed by atoms with Gasteiger partial charge in [-0.25, -0.2) is 9.78 Å². The number of nitrogens with zero attached hydrogens (tertiary/aromatic N) is 1. The summed E-state index contributed by atoms with van der Waals surface area (Å²) in [6, 6.07) is 4.63. The molecule has 3 N–H and O–H groups in total. The molecule has 0 radical (unpaired) electrons. The molecule has 46 heavy (non-hydrogen) atoms. The third-order valence-electron chi connectivity index (χ3n) is 7.48. The predicted molar refractivity (Wildman–Crippen MR) is 180 cm³/mol. The lowest BCUT2D eigenvalue weighted by molar-refractivity contribution is -0.151. The summed E-state index contributed by atoms with van der Waals surface area (Å²) in [6.45, 7) is 10.7. The van der Waals surface area contributed by atoms with Crippen molar-refractivity contribution in [2.24, 2.45) is 0 Å². The molecule has 1 heterocycles. The van der Waals surface area contributed by atoms with Crippen LogP contribution in [0, 0.1) is 0 Å². The SMILES string of the molecule is COC(=O)C(COC(C)=O)NC(=O)C(CO[Si](C)(C)C(C)(C)C)NC(=O)c1csc(-c2ccc(NC(=O)CCCCCCl)cc2)n1. The summed E-state index contributed by atoms with van der Waals surface area (Å²) in [7, 11) is -1.20. The highest BCUT2D eigenvalue weighted by Crippen LogP contribution is 2.36. The second kappa shape index (κ2) is 18.1. The number of nitrogens with one attached hydrogen (secondary N) is 3. The van der Waals surface area contributed by atoms with Crippen LogP contribution in [0.5, 0.6) is 0 Å². The van der Waals surface area contributed by atoms with Crippen LogP contribution in [0.4, 0.5) is 5.69 Å². The Morgan fingerprint density at radius 3 is 2.24 bits per heavy atom. The first-order valence-corrected chi connectivity index (χ1v) is 19.3. The topological polar surface area (TPSA) is 162 Å². The van der Waals surface area contributed by atoms with E-state index >= 15 is 0 Å². The van der Waals surface area contributed by atoms with Crippen molar-refractivity contribution < 1.29 is 37.9 Å². The quantitative estimate of drug-likeness (QED) is 0.0905. The Morgan fingerprint density at radius 2 is 1.65 bits per heavy atom. The van der Waals surface area contributed by atoms with Gasteiger partial charge in [-0.15, -0.1) is 22.9 Å². The number of methoxy groups -OCH3 is 1. The van der Waals surface area contributed by atoms with E-state index in [-0.39, 0.29) is 23.2 Å². The highest BCUT2D eigenvalue weighted by atomic mass is 35.5. The molecule has 0 saturated heterocycles. The number of carbonyl (C=O) groups excluding carboxylic acids is 5. The van der Waals surface area contributed by atoms with Gasteiger partial charge in [-0.3, -0.25) is 19.2 Å². The lowest BCUT2D eigenvalue weighted by Crippen LogP contribution is -2.56. The van der Waals surface area contributed by atoms with Crippen molar-refractivity contribution in [3.63, 3.8) is 0 Å². The number of carbonyl (C=O) groups is 5. The van der Waals surface area contributed by atoms with E-state index in [1.807, 2.05) is 33.9 Å². The Balaban J connectivity index is 2.17. The lowest BCUT2D eigenvalue weighted by atomic mass is 10.2. The Hall–Kier alpha value is -3.33. The van der Waals surface area contributed by atoms with Crippen LogP contribution in [-0.4, -0.2) is 81.2 Å². The van der Waals surface area contributed by atoms with Crippen LogP contribution >= 0.6 is 22.9 Å². The van der Waals surface area contributed by atoms with E-state index < -0.39 is 50.8 Å². The van der Waals surface area contributed by atoms with Crippen LogP contribution < -0.4 is 16.0 Å². The standard InChI is InChI=1S/C31H45ClN4O8SSi/c1-20(37)43-17-24(30(41)42-5)35-27(39)23(18-44-46(6,7)31(2,3)4)34-28(40)25-19-45-29(36-25)21-12-14-22(15-13-21)33-26(38)11-9-8-10-16-32/h12-15,19,23-24H,8-11,16-18H2,1-7H3,(H,33,38)(H,34,40)(H,35,39). The van der Waals surface area contributed by atoms with E-state index in [4.69, 9.17) is 25.5 Å². The Labute approximate surface area is 280 Å². The van der Waals surface area contributed by atoms with Crippen molar-refractivity contribution in [1.29, 1.82) is 0 Å². The van der Waals surface area contributed by atoms with Crippen molar-refractivity contribution >= 4 is 66.6 Å². The fourth-order valence-corrected chi connectivity index (χ4v) is 5.71. The van der Waals surface area contributed by atoms with Crippen LogP contribution in [-0.2, 0) is 33.1 Å². The maximum Gasteiger partial charge on any atom is 0.331 e. The molecule has 0 bridgehead atoms. The molecule has 12 nitrogen and oxygen atoms in total. The molecule has 0 fully saturated rings. The smallest absolute Gasteiger partial charge is 0.331 e. The van der Waals surface area contributed by atoms with E-state index in [9.17, 15) is 24.0 Å². The third-order valence-corrected chi connectivity index (χ3v) is 13.1. The molecule has 0 aliphatic carbocycles. The highest BCUT2D eigenvalue weighted by Gasteiger charge is 2.39. The average Bonchev–Trinajstić information content (AvgIpc) is 3.49. The number of hydrogen-bond acceptors (Lipinski definition) is 10. The van der Waals surface area contributed by atoms with Gasteiger partial charge in [0.15, 0.2) is 14.4 Å². The summed E-state index contributed by atoms with van der Waals surface area (Å²) in [5.41, 5.74) is 1.48. The number of unbranched alkanes of at least 4 members (excludes halogenated alkanes) is 2. The van der Waals surface area contributed by atoms with E-state index in [2.05, 4.69) is 20.9 Å². The van der Waals surface area contributed by atoms with Crippen molar-refractivity contribution in [2.75, 3.05) is 31.5 Å². The summed E-state index contributed by atoms with van der Waals surface area (Å²) < 4.78 is 15.9. The zero-order chi connectivity index (χ0) is 34.5. The first kappa shape index (κ1) is 38.8. The van der Waals surface area contributed by atoms with Crippen LogP contribution in [0.2, 0.25) is 18.1 Å². The Kier molecular flexibility index (Phi) is 15.3. The molecule has 3 amide bonds. The molecular weight excluding hydrogens is 652 g/mol. The number of aromatic nitrogens is 1. The zero-order valence-corrected chi connectivity index (χ0v) is 30.1. The normalized spacial score (nSPS) is 12.9. The maximum atomic E-state index is 13.4. The Bertz CT molecular complexity index is 1350. The summed E-state index contributed by atoms with van der Waals surface area (Å²) in [6.07, 6.45) is 2.96. The molecule has 0 aliphatic heterocycles. The summed E-state index contributed by atoms with van der Waals surface area (Å²) in [4.78, 5) is 66.9. The number of esters is 2. The molecular formula is C31H45ClN4O8SSi. The molecule has 2 atom stereocenters. The molecule has 254 valence electrons. The van der Waals surface area contributed by atoms with Gasteiger partial charge in [0.05, 0.1) is 13.7 Å². The number of thiazole rings is 1. The van der Waals surface area contributed by atoms with E-state index in [0.29, 0.717) is 23.0 Å². The van der Waals surface area contributed by atoms with Crippen molar-refractivity contribution in [3.8, 4) is 10.6 Å². The zero-order valence-electron chi connectivity index (χ0n) is 27.5. The maximum absolute atomic E-state index is 13.4. The predicted octanol–water partition coefficient (Wildman–Crippen LogP) is 4.89. The number of rotatable bonds is 17. The Morgan fingerprint density at radius 1 is 0.978 bits per heavy atom. The number of halogens is 1. The van der Waals surface area contributed by atoms with Gasteiger partial charge < -0.3 is 29.9 Å². The van der Waals surface area contributed by atoms with Gasteiger partial charge in [0.2, 0.25) is 11.8 Å². The van der Waals surface area contributed by atoms with Crippen LogP contribution in [0.25, 0.3) is 10.6 Å². The largest absolute Gasteiger partial charge is 0.467 e. The number of amides is 3. The van der Waals surface area contributed by atoms with E-state index in [1.54, 1.807) is 29.6 Å². The third kappa shape index (κ3) is 12.5. The molecule has 15 heteroatoms. The van der Waals surface area contributed by atoms with Crippen LogP contribution in [0.1, 0.15) is 63.9 Å².